The van der Waals surface area contributed by atoms with Gasteiger partial charge < -0.3 is 34.3 Å². The molecule has 0 spiro atoms. The molecule has 2 heterocycles. The molecule has 0 radical (unpaired) electrons. The van der Waals surface area contributed by atoms with Gasteiger partial charge in [-0.3, -0.25) is 0 Å². The van der Waals surface area contributed by atoms with Gasteiger partial charge in [0.15, 0.2) is 0 Å². The summed E-state index contributed by atoms with van der Waals surface area (Å²) in [6, 6.07) is 0. The van der Waals surface area contributed by atoms with Gasteiger partial charge in [0, 0.05) is 0 Å². The Labute approximate surface area is 748 Å². The average molecular weight is 1680 g/mol. The summed E-state index contributed by atoms with van der Waals surface area (Å²) in [6.45, 7) is 52.3. The van der Waals surface area contributed by atoms with Gasteiger partial charge in [-0.1, -0.05) is 490 Å². The van der Waals surface area contributed by atoms with Gasteiger partial charge in [0.1, 0.15) is 5.60 Å². The number of hydrogen-bond acceptors (Lipinski definition) is 7. The molecule has 712 valence electrons. The minimum absolute atomic E-state index is 0.0883. The van der Waals surface area contributed by atoms with Crippen molar-refractivity contribution in [2.75, 3.05) is 6.61 Å². The third-order valence-electron chi connectivity index (χ3n) is 30.4. The van der Waals surface area contributed by atoms with E-state index in [-0.39, 0.29) is 31.0 Å². The summed E-state index contributed by atoms with van der Waals surface area (Å²) in [5.74, 6) is 8.90. The summed E-state index contributed by atoms with van der Waals surface area (Å²) in [5, 5.41) is 36.8. The Morgan fingerprint density at radius 2 is 0.563 bits per heavy atom. The van der Waals surface area contributed by atoms with Crippen molar-refractivity contribution in [3.63, 3.8) is 0 Å². The number of unbranched alkanes of at least 4 members (excludes halogenated alkanes) is 25. The van der Waals surface area contributed by atoms with Gasteiger partial charge in [-0.2, -0.15) is 0 Å². The fourth-order valence-corrected chi connectivity index (χ4v) is 21.2. The number of hydrogen-bond donors (Lipinski definition) is 3. The molecule has 2 rings (SSSR count). The van der Waals surface area contributed by atoms with Crippen LogP contribution in [0.15, 0.2) is 0 Å². The van der Waals surface area contributed by atoms with Crippen LogP contribution in [0.4, 0.5) is 0 Å². The molecule has 2 saturated heterocycles. The molecular weight excluding hydrogens is 1460 g/mol. The number of rotatable bonds is 84. The molecule has 2 aliphatic heterocycles. The second-order valence-electron chi connectivity index (χ2n) is 46.0. The SMILES string of the molecule is CCCCCCCCCCCCCCCCCCCCCCCCCCCCC(O)C(C)(O)COC1CCC(C(C)(CCCC(C)CCCC(C)CCCC(C)C)OC(C)(CCCC(C)CCCC(C)CCCC(C)C)C2CCC(C(C)(O)CCCC(C)CCCC(C)CCCC(C)C)O2)OC1(C)CCCC(C)CCCC(C)CCCC(C)C. The summed E-state index contributed by atoms with van der Waals surface area (Å²) in [6.07, 6.45) is 82.2. The highest BCUT2D eigenvalue weighted by atomic mass is 16.6. The van der Waals surface area contributed by atoms with E-state index < -0.39 is 34.1 Å². The Balaban J connectivity index is 2.37. The van der Waals surface area contributed by atoms with Crippen LogP contribution in [0.2, 0.25) is 0 Å². The first kappa shape index (κ1) is 115. The largest absolute Gasteiger partial charge is 0.390 e. The maximum atomic E-state index is 12.6. The predicted octanol–water partition coefficient (Wildman–Crippen LogP) is 35.6. The van der Waals surface area contributed by atoms with Crippen LogP contribution in [0.3, 0.4) is 0 Å². The Morgan fingerprint density at radius 1 is 0.303 bits per heavy atom. The standard InChI is InChI=1S/C112H222O7/c1-23-24-25-26-27-28-29-30-31-32-33-34-35-36-37-38-39-40-41-42-43-44-45-46-47-48-81-103(113)109(19,115)90-116-105-83-85-107(118-110(105,20)87-58-78-100(15)74-54-70-96(11)66-50-62-92(4)5)112(22,89-60-80-102(17)76-56-72-98(13)68-52-64-94(8)9)119-111(21,88-59-79-101(16)75-55-71-97(12)67-51-63-93(6)7)106-84-82-104(117-106)108(18,114)86-57-77-99(14)73-53-69-95(10)65-49-61-91(2)3/h91-107,113-115H,23-90H2,1-22H3. The fourth-order valence-electron chi connectivity index (χ4n) is 21.2. The van der Waals surface area contributed by atoms with E-state index in [0.717, 1.165) is 150 Å². The van der Waals surface area contributed by atoms with E-state index in [0.29, 0.717) is 30.1 Å². The van der Waals surface area contributed by atoms with Crippen molar-refractivity contribution in [2.45, 2.75) is 641 Å². The Hall–Kier alpha value is -0.280. The van der Waals surface area contributed by atoms with E-state index in [1.165, 1.54) is 321 Å². The molecule has 2 aliphatic rings. The molecule has 0 aromatic heterocycles. The second-order valence-corrected chi connectivity index (χ2v) is 46.0. The highest BCUT2D eigenvalue weighted by molar-refractivity contribution is 5.03. The van der Waals surface area contributed by atoms with Crippen LogP contribution in [0.5, 0.6) is 0 Å². The van der Waals surface area contributed by atoms with Gasteiger partial charge in [0.2, 0.25) is 0 Å². The van der Waals surface area contributed by atoms with Gasteiger partial charge >= 0.3 is 0 Å². The Kier molecular flexibility index (Phi) is 66.3. The molecule has 0 saturated carbocycles. The molecule has 18 unspecified atom stereocenters. The van der Waals surface area contributed by atoms with Gasteiger partial charge in [0.25, 0.3) is 0 Å². The highest BCUT2D eigenvalue weighted by Crippen LogP contribution is 2.48. The van der Waals surface area contributed by atoms with Crippen molar-refractivity contribution < 1.29 is 34.3 Å². The van der Waals surface area contributed by atoms with Crippen molar-refractivity contribution in [3.8, 4) is 0 Å². The lowest BCUT2D eigenvalue weighted by Gasteiger charge is -2.53. The summed E-state index contributed by atoms with van der Waals surface area (Å²) < 4.78 is 30.9. The molecule has 0 amide bonds. The maximum Gasteiger partial charge on any atom is 0.111 e. The van der Waals surface area contributed by atoms with E-state index in [9.17, 15) is 15.3 Å². The van der Waals surface area contributed by atoms with Gasteiger partial charge in [0.05, 0.1) is 59.5 Å². The minimum Gasteiger partial charge on any atom is -0.390 e. The van der Waals surface area contributed by atoms with Gasteiger partial charge in [-0.05, 0) is 163 Å². The van der Waals surface area contributed by atoms with Gasteiger partial charge in [-0.25, -0.2) is 0 Å². The van der Waals surface area contributed by atoms with Crippen molar-refractivity contribution in [2.24, 2.45) is 71.0 Å². The highest BCUT2D eigenvalue weighted by Gasteiger charge is 2.54. The summed E-state index contributed by atoms with van der Waals surface area (Å²) in [4.78, 5) is 0. The van der Waals surface area contributed by atoms with Gasteiger partial charge in [-0.15, -0.1) is 0 Å². The average Bonchev–Trinajstić information content (AvgIpc) is 1.64. The third kappa shape index (κ3) is 58.1. The third-order valence-corrected chi connectivity index (χ3v) is 30.4. The molecule has 3 N–H and O–H groups in total. The van der Waals surface area contributed by atoms with Crippen molar-refractivity contribution >= 4 is 0 Å². The maximum absolute atomic E-state index is 12.6. The van der Waals surface area contributed by atoms with E-state index in [1.54, 1.807) is 0 Å². The van der Waals surface area contributed by atoms with Crippen molar-refractivity contribution in [1.82, 2.24) is 0 Å². The Morgan fingerprint density at radius 3 is 0.882 bits per heavy atom. The number of aliphatic hydroxyl groups excluding tert-OH is 1. The molecule has 18 atom stereocenters. The van der Waals surface area contributed by atoms with Crippen LogP contribution in [-0.2, 0) is 18.9 Å². The topological polar surface area (TPSA) is 97.6 Å². The molecule has 0 aromatic carbocycles. The number of aliphatic hydroxyl groups is 3. The molecule has 0 bridgehead atoms. The monoisotopic (exact) mass is 1680 g/mol. The van der Waals surface area contributed by atoms with E-state index >= 15 is 0 Å². The van der Waals surface area contributed by atoms with Crippen molar-refractivity contribution in [3.05, 3.63) is 0 Å². The fraction of sp³-hybridized carbons (Fsp3) is 1.00. The summed E-state index contributed by atoms with van der Waals surface area (Å²) >= 11 is 0. The van der Waals surface area contributed by atoms with Crippen molar-refractivity contribution in [1.29, 1.82) is 0 Å². The Bertz CT molecular complexity index is 2240. The molecule has 0 aromatic rings. The van der Waals surface area contributed by atoms with Crippen LogP contribution < -0.4 is 0 Å². The van der Waals surface area contributed by atoms with Crippen LogP contribution in [0, 0.1) is 71.0 Å². The first-order valence-corrected chi connectivity index (χ1v) is 54.4. The van der Waals surface area contributed by atoms with Crippen LogP contribution >= 0.6 is 0 Å². The van der Waals surface area contributed by atoms with E-state index in [1.807, 2.05) is 6.92 Å². The molecule has 2 fully saturated rings. The molecular formula is C112H222O7. The number of ether oxygens (including phenoxy) is 4. The first-order chi connectivity index (χ1) is 56.6. The molecule has 0 aliphatic carbocycles. The zero-order valence-corrected chi connectivity index (χ0v) is 85.4. The van der Waals surface area contributed by atoms with E-state index in [4.69, 9.17) is 18.9 Å². The summed E-state index contributed by atoms with van der Waals surface area (Å²) in [5.41, 5.74) is -4.14. The van der Waals surface area contributed by atoms with Crippen LogP contribution in [-0.4, -0.2) is 80.5 Å². The normalized spacial score (nSPS) is 22.0. The lowest BCUT2D eigenvalue weighted by molar-refractivity contribution is -0.290. The minimum atomic E-state index is -1.37. The smallest absolute Gasteiger partial charge is 0.111 e. The van der Waals surface area contributed by atoms with Crippen LogP contribution in [0.1, 0.15) is 583 Å². The molecule has 7 nitrogen and oxygen atoms in total. The lowest BCUT2D eigenvalue weighted by atomic mass is 9.78. The molecule has 7 heteroatoms. The zero-order chi connectivity index (χ0) is 88.2. The second kappa shape index (κ2) is 68.8. The van der Waals surface area contributed by atoms with E-state index in [2.05, 4.69) is 145 Å². The summed E-state index contributed by atoms with van der Waals surface area (Å²) in [7, 11) is 0. The predicted molar refractivity (Wildman–Crippen MR) is 525 cm³/mol. The molecule has 119 heavy (non-hydrogen) atoms. The van der Waals surface area contributed by atoms with Crippen LogP contribution in [0.25, 0.3) is 0 Å². The lowest BCUT2D eigenvalue weighted by Crippen LogP contribution is -2.60. The first-order valence-electron chi connectivity index (χ1n) is 54.4. The zero-order valence-electron chi connectivity index (χ0n) is 85.4. The quantitative estimate of drug-likeness (QED) is 0.0522.